The monoisotopic (exact) mass is 382 g/mol. The highest BCUT2D eigenvalue weighted by Crippen LogP contribution is 2.33. The molecule has 0 bridgehead atoms. The Hall–Kier alpha value is -0.730. The average Bonchev–Trinajstić information content (AvgIpc) is 3.28. The third kappa shape index (κ3) is 5.21. The minimum atomic E-state index is -0.351. The summed E-state index contributed by atoms with van der Waals surface area (Å²) in [4.78, 5) is 17.0. The van der Waals surface area contributed by atoms with Crippen molar-refractivity contribution in [2.24, 2.45) is 0 Å². The zero-order valence-electron chi connectivity index (χ0n) is 16.4. The maximum absolute atomic E-state index is 12.7. The minimum Gasteiger partial charge on any atom is -0.379 e. The summed E-state index contributed by atoms with van der Waals surface area (Å²) in [5.74, 6) is 0.0759. The summed E-state index contributed by atoms with van der Waals surface area (Å²) < 4.78 is 23.6. The number of morpholine rings is 1. The van der Waals surface area contributed by atoms with Gasteiger partial charge >= 0.3 is 0 Å². The summed E-state index contributed by atoms with van der Waals surface area (Å²) in [7, 11) is 0. The van der Waals surface area contributed by atoms with Crippen molar-refractivity contribution in [1.82, 2.24) is 9.80 Å². The molecule has 0 radical (unpaired) electrons. The largest absolute Gasteiger partial charge is 0.379 e. The number of rotatable bonds is 5. The molecule has 2 atom stereocenters. The normalized spacial score (nSPS) is 33.6. The fourth-order valence-corrected chi connectivity index (χ4v) is 4.77. The Kier molecular flexibility index (Phi) is 6.66. The molecule has 4 aliphatic rings. The zero-order chi connectivity index (χ0) is 18.5. The van der Waals surface area contributed by atoms with Gasteiger partial charge in [0.15, 0.2) is 0 Å². The molecule has 154 valence electrons. The van der Waals surface area contributed by atoms with Crippen LogP contribution in [0.1, 0.15) is 38.5 Å². The maximum Gasteiger partial charge on any atom is 0.248 e. The molecular formula is C20H34N2O5. The van der Waals surface area contributed by atoms with Crippen molar-refractivity contribution in [2.45, 2.75) is 56.3 Å². The van der Waals surface area contributed by atoms with E-state index in [4.69, 9.17) is 18.9 Å². The van der Waals surface area contributed by atoms with Gasteiger partial charge in [0.2, 0.25) is 5.91 Å². The molecule has 4 fully saturated rings. The van der Waals surface area contributed by atoms with Crippen LogP contribution in [0, 0.1) is 0 Å². The number of hydrogen-bond donors (Lipinski definition) is 0. The van der Waals surface area contributed by atoms with Crippen LogP contribution < -0.4 is 0 Å². The van der Waals surface area contributed by atoms with Gasteiger partial charge < -0.3 is 23.8 Å². The first-order valence-electron chi connectivity index (χ1n) is 10.7. The van der Waals surface area contributed by atoms with E-state index in [0.717, 1.165) is 58.5 Å². The van der Waals surface area contributed by atoms with Crippen molar-refractivity contribution < 1.29 is 23.7 Å². The molecule has 27 heavy (non-hydrogen) atoms. The third-order valence-electron chi connectivity index (χ3n) is 6.35. The molecule has 3 heterocycles. The van der Waals surface area contributed by atoms with Crippen LogP contribution in [0.3, 0.4) is 0 Å². The van der Waals surface area contributed by atoms with Crippen molar-refractivity contribution in [3.8, 4) is 0 Å². The predicted octanol–water partition coefficient (Wildman–Crippen LogP) is 1.05. The number of ether oxygens (including phenoxy) is 4. The van der Waals surface area contributed by atoms with Crippen molar-refractivity contribution in [3.05, 3.63) is 0 Å². The quantitative estimate of drug-likeness (QED) is 0.709. The Labute approximate surface area is 162 Å². The first kappa shape index (κ1) is 19.6. The fourth-order valence-electron chi connectivity index (χ4n) is 4.77. The van der Waals surface area contributed by atoms with Crippen molar-refractivity contribution >= 4 is 5.91 Å². The number of hydrogen-bond acceptors (Lipinski definition) is 6. The van der Waals surface area contributed by atoms with Gasteiger partial charge in [-0.15, -0.1) is 0 Å². The Morgan fingerprint density at radius 2 is 1.81 bits per heavy atom. The van der Waals surface area contributed by atoms with E-state index in [-0.39, 0.29) is 30.3 Å². The first-order chi connectivity index (χ1) is 13.2. The Balaban J connectivity index is 1.28. The van der Waals surface area contributed by atoms with Crippen LogP contribution in [0.4, 0.5) is 0 Å². The lowest BCUT2D eigenvalue weighted by atomic mass is 10.00. The van der Waals surface area contributed by atoms with E-state index in [1.165, 1.54) is 12.8 Å². The van der Waals surface area contributed by atoms with Gasteiger partial charge in [-0.3, -0.25) is 9.69 Å². The van der Waals surface area contributed by atoms with Gasteiger partial charge in [-0.05, 0) is 25.7 Å². The molecule has 0 N–H and O–H groups in total. The Bertz CT molecular complexity index is 493. The van der Waals surface area contributed by atoms with E-state index in [1.807, 2.05) is 4.90 Å². The molecule has 7 nitrogen and oxygen atoms in total. The van der Waals surface area contributed by atoms with E-state index in [0.29, 0.717) is 26.3 Å². The van der Waals surface area contributed by atoms with Crippen molar-refractivity contribution in [2.75, 3.05) is 65.8 Å². The maximum atomic E-state index is 12.7. The van der Waals surface area contributed by atoms with Crippen LogP contribution in [0.2, 0.25) is 0 Å². The summed E-state index contributed by atoms with van der Waals surface area (Å²) in [6, 6.07) is 0. The standard InChI is InChI=1S/C20H34N2O5/c23-19(14-26-17-3-1-2-4-17)22-9-12-25-16-20(15-22)6-5-18(27-20)13-21-7-10-24-11-8-21/h17-18H,1-16H2/t18-,20+/m0/s1. The van der Waals surface area contributed by atoms with Gasteiger partial charge in [0.1, 0.15) is 12.2 Å². The molecule has 1 amide bonds. The molecule has 4 rings (SSSR count). The molecule has 0 aromatic heterocycles. The second-order valence-electron chi connectivity index (χ2n) is 8.46. The summed E-state index contributed by atoms with van der Waals surface area (Å²) in [6.07, 6.45) is 7.09. The molecule has 1 saturated carbocycles. The lowest BCUT2D eigenvalue weighted by Gasteiger charge is -2.33. The number of carbonyl (C=O) groups is 1. The molecular weight excluding hydrogens is 348 g/mol. The highest BCUT2D eigenvalue weighted by atomic mass is 16.6. The van der Waals surface area contributed by atoms with Crippen LogP contribution >= 0.6 is 0 Å². The molecule has 1 aliphatic carbocycles. The molecule has 3 saturated heterocycles. The summed E-state index contributed by atoms with van der Waals surface area (Å²) in [5, 5.41) is 0. The van der Waals surface area contributed by atoms with Crippen LogP contribution in [0.5, 0.6) is 0 Å². The number of nitrogens with zero attached hydrogens (tertiary/aromatic N) is 2. The van der Waals surface area contributed by atoms with Gasteiger partial charge in [-0.2, -0.15) is 0 Å². The number of carbonyl (C=O) groups excluding carboxylic acids is 1. The molecule has 3 aliphatic heterocycles. The lowest BCUT2D eigenvalue weighted by molar-refractivity contribution is -0.143. The summed E-state index contributed by atoms with van der Waals surface area (Å²) >= 11 is 0. The second kappa shape index (κ2) is 9.18. The summed E-state index contributed by atoms with van der Waals surface area (Å²) in [5.41, 5.74) is -0.351. The van der Waals surface area contributed by atoms with E-state index in [2.05, 4.69) is 4.90 Å². The van der Waals surface area contributed by atoms with Crippen LogP contribution in [-0.4, -0.2) is 99.3 Å². The molecule has 1 spiro atoms. The second-order valence-corrected chi connectivity index (χ2v) is 8.46. The van der Waals surface area contributed by atoms with Gasteiger partial charge in [0.25, 0.3) is 0 Å². The van der Waals surface area contributed by atoms with Crippen LogP contribution in [0.15, 0.2) is 0 Å². The van der Waals surface area contributed by atoms with Gasteiger partial charge in [-0.1, -0.05) is 12.8 Å². The van der Waals surface area contributed by atoms with Gasteiger partial charge in [0.05, 0.1) is 45.2 Å². The van der Waals surface area contributed by atoms with Gasteiger partial charge in [-0.25, -0.2) is 0 Å². The number of amides is 1. The smallest absolute Gasteiger partial charge is 0.248 e. The van der Waals surface area contributed by atoms with Gasteiger partial charge in [0, 0.05) is 26.2 Å². The molecule has 0 aromatic carbocycles. The fraction of sp³-hybridized carbons (Fsp3) is 0.950. The van der Waals surface area contributed by atoms with E-state index in [1.54, 1.807) is 0 Å². The highest BCUT2D eigenvalue weighted by Gasteiger charge is 2.44. The van der Waals surface area contributed by atoms with Crippen molar-refractivity contribution in [1.29, 1.82) is 0 Å². The minimum absolute atomic E-state index is 0.0759. The van der Waals surface area contributed by atoms with E-state index < -0.39 is 0 Å². The predicted molar refractivity (Wildman–Crippen MR) is 99.7 cm³/mol. The van der Waals surface area contributed by atoms with Crippen LogP contribution in [-0.2, 0) is 23.7 Å². The van der Waals surface area contributed by atoms with Crippen LogP contribution in [0.25, 0.3) is 0 Å². The summed E-state index contributed by atoms with van der Waals surface area (Å²) in [6.45, 7) is 7.13. The molecule has 0 aromatic rings. The Morgan fingerprint density at radius 3 is 2.63 bits per heavy atom. The SMILES string of the molecule is O=C(COC1CCCC1)N1CCOC[C@@]2(CC[C@@H](CN3CCOCC3)O2)C1. The van der Waals surface area contributed by atoms with E-state index in [9.17, 15) is 4.79 Å². The highest BCUT2D eigenvalue weighted by molar-refractivity contribution is 5.77. The van der Waals surface area contributed by atoms with E-state index >= 15 is 0 Å². The topological polar surface area (TPSA) is 60.5 Å². The molecule has 0 unspecified atom stereocenters. The molecule has 7 heteroatoms. The Morgan fingerprint density at radius 1 is 1.04 bits per heavy atom. The first-order valence-corrected chi connectivity index (χ1v) is 10.7. The average molecular weight is 383 g/mol. The van der Waals surface area contributed by atoms with Crippen molar-refractivity contribution in [3.63, 3.8) is 0 Å². The third-order valence-corrected chi connectivity index (χ3v) is 6.35. The zero-order valence-corrected chi connectivity index (χ0v) is 16.4. The lowest BCUT2D eigenvalue weighted by Crippen LogP contribution is -2.48.